The van der Waals surface area contributed by atoms with Gasteiger partial charge in [-0.25, -0.2) is 9.97 Å². The summed E-state index contributed by atoms with van der Waals surface area (Å²) in [6.07, 6.45) is 0. The molecule has 0 saturated carbocycles. The van der Waals surface area contributed by atoms with Crippen LogP contribution in [-0.2, 0) is 0 Å². The summed E-state index contributed by atoms with van der Waals surface area (Å²) in [7, 11) is 5.20. The molecule has 0 fully saturated rings. The average molecular weight is 216 g/mol. The van der Waals surface area contributed by atoms with Crippen LogP contribution in [0.5, 0.6) is 11.5 Å². The van der Waals surface area contributed by atoms with Crippen molar-refractivity contribution in [3.8, 4) is 11.5 Å². The van der Waals surface area contributed by atoms with Crippen LogP contribution in [0.2, 0.25) is 0 Å². The molecule has 4 nitrogen and oxygen atoms in total. The highest BCUT2D eigenvalue weighted by molar-refractivity contribution is 6.36. The zero-order valence-corrected chi connectivity index (χ0v) is 9.87. The molecule has 82 valence electrons. The summed E-state index contributed by atoms with van der Waals surface area (Å²) >= 11 is 0. The third kappa shape index (κ3) is 1.69. The van der Waals surface area contributed by atoms with E-state index in [9.17, 15) is 0 Å². The van der Waals surface area contributed by atoms with Gasteiger partial charge >= 0.3 is 0 Å². The van der Waals surface area contributed by atoms with Gasteiger partial charge in [-0.1, -0.05) is 0 Å². The van der Waals surface area contributed by atoms with Crippen LogP contribution in [-0.4, -0.2) is 32.0 Å². The van der Waals surface area contributed by atoms with Crippen molar-refractivity contribution in [1.29, 1.82) is 0 Å². The Kier molecular flexibility index (Phi) is 2.68. The smallest absolute Gasteiger partial charge is 0.164 e. The van der Waals surface area contributed by atoms with Gasteiger partial charge in [-0.05, 0) is 13.0 Å². The lowest BCUT2D eigenvalue weighted by Crippen LogP contribution is -2.12. The molecule has 0 unspecified atom stereocenters. The molecule has 1 heterocycles. The van der Waals surface area contributed by atoms with Gasteiger partial charge in [0.1, 0.15) is 5.82 Å². The first-order chi connectivity index (χ1) is 7.65. The predicted molar refractivity (Wildman–Crippen MR) is 65.6 cm³/mol. The number of aromatic nitrogens is 2. The number of benzene rings is 1. The third-order valence-corrected chi connectivity index (χ3v) is 2.50. The molecule has 2 rings (SSSR count). The Morgan fingerprint density at radius 3 is 2.31 bits per heavy atom. The van der Waals surface area contributed by atoms with E-state index in [4.69, 9.17) is 9.47 Å². The second kappa shape index (κ2) is 4.00. The van der Waals surface area contributed by atoms with Crippen LogP contribution < -0.4 is 15.1 Å². The van der Waals surface area contributed by atoms with Gasteiger partial charge in [0.15, 0.2) is 19.3 Å². The highest BCUT2D eigenvalue weighted by Gasteiger charge is 2.09. The van der Waals surface area contributed by atoms with Gasteiger partial charge in [0.25, 0.3) is 0 Å². The summed E-state index contributed by atoms with van der Waals surface area (Å²) in [6, 6.07) is 3.78. The van der Waals surface area contributed by atoms with E-state index in [0.29, 0.717) is 11.5 Å². The molecule has 0 aliphatic heterocycles. The van der Waals surface area contributed by atoms with Gasteiger partial charge in [0.2, 0.25) is 0 Å². The minimum absolute atomic E-state index is 0.688. The van der Waals surface area contributed by atoms with E-state index in [1.54, 1.807) is 14.2 Å². The first-order valence-corrected chi connectivity index (χ1v) is 5.02. The summed E-state index contributed by atoms with van der Waals surface area (Å²) in [6.45, 7) is 1.88. The molecule has 0 atom stereocenters. The van der Waals surface area contributed by atoms with Crippen LogP contribution in [0.15, 0.2) is 12.1 Å². The second-order valence-electron chi connectivity index (χ2n) is 3.58. The minimum atomic E-state index is 0.688. The third-order valence-electron chi connectivity index (χ3n) is 2.50. The summed E-state index contributed by atoms with van der Waals surface area (Å²) in [5.41, 5.74) is 1.83. The van der Waals surface area contributed by atoms with Crippen LogP contribution in [0.4, 0.5) is 0 Å². The number of fused-ring (bicyclic) bond motifs is 1. The van der Waals surface area contributed by atoms with Crippen molar-refractivity contribution in [2.24, 2.45) is 0 Å². The number of hydrogen-bond donors (Lipinski definition) is 0. The van der Waals surface area contributed by atoms with E-state index in [0.717, 1.165) is 22.3 Å². The summed E-state index contributed by atoms with van der Waals surface area (Å²) in [5, 5.41) is 0.989. The van der Waals surface area contributed by atoms with Crippen LogP contribution in [0.25, 0.3) is 10.9 Å². The van der Waals surface area contributed by atoms with Gasteiger partial charge in [0.05, 0.1) is 19.7 Å². The van der Waals surface area contributed by atoms with Crippen molar-refractivity contribution < 1.29 is 9.47 Å². The largest absolute Gasteiger partial charge is 0.493 e. The standard InChI is InChI=1S/C11H13BN2O2/c1-6-13-8-5-10(16-3)9(15-2)4-7(8)11(12)14-6/h4-5H,12H2,1-3H3. The number of rotatable bonds is 2. The van der Waals surface area contributed by atoms with Crippen molar-refractivity contribution in [2.45, 2.75) is 6.92 Å². The molecule has 0 amide bonds. The zero-order valence-electron chi connectivity index (χ0n) is 9.87. The molecule has 0 spiro atoms. The number of aryl methyl sites for hydroxylation is 1. The Bertz CT molecular complexity index is 543. The molecule has 0 aliphatic rings. The lowest BCUT2D eigenvalue weighted by molar-refractivity contribution is 0.356. The summed E-state index contributed by atoms with van der Waals surface area (Å²) < 4.78 is 10.5. The van der Waals surface area contributed by atoms with Gasteiger partial charge in [-0.15, -0.1) is 0 Å². The average Bonchev–Trinajstić information content (AvgIpc) is 2.27. The molecule has 16 heavy (non-hydrogen) atoms. The Morgan fingerprint density at radius 1 is 1.06 bits per heavy atom. The normalized spacial score (nSPS) is 10.4. The summed E-state index contributed by atoms with van der Waals surface area (Å²) in [5.74, 6) is 2.15. The van der Waals surface area contributed by atoms with Gasteiger partial charge in [0, 0.05) is 17.0 Å². The van der Waals surface area contributed by atoms with Crippen LogP contribution >= 0.6 is 0 Å². The Balaban J connectivity index is 2.78. The maximum Gasteiger partial charge on any atom is 0.164 e. The molecular weight excluding hydrogens is 203 g/mol. The molecule has 0 aliphatic carbocycles. The highest BCUT2D eigenvalue weighted by atomic mass is 16.5. The molecule has 2 aromatic rings. The monoisotopic (exact) mass is 216 g/mol. The van der Waals surface area contributed by atoms with E-state index in [1.165, 1.54) is 0 Å². The number of methoxy groups -OCH3 is 2. The van der Waals surface area contributed by atoms with Crippen molar-refractivity contribution in [2.75, 3.05) is 14.2 Å². The molecule has 5 heteroatoms. The molecule has 0 saturated heterocycles. The van der Waals surface area contributed by atoms with Crippen LogP contribution in [0.3, 0.4) is 0 Å². The molecule has 1 aromatic carbocycles. The van der Waals surface area contributed by atoms with Crippen LogP contribution in [0.1, 0.15) is 5.82 Å². The van der Waals surface area contributed by atoms with E-state index >= 15 is 0 Å². The van der Waals surface area contributed by atoms with Gasteiger partial charge in [-0.3, -0.25) is 0 Å². The lowest BCUT2D eigenvalue weighted by Gasteiger charge is -2.10. The fourth-order valence-electron chi connectivity index (χ4n) is 1.75. The fraction of sp³-hybridized carbons (Fsp3) is 0.273. The summed E-state index contributed by atoms with van der Waals surface area (Å²) in [4.78, 5) is 8.70. The van der Waals surface area contributed by atoms with Crippen molar-refractivity contribution in [3.05, 3.63) is 18.0 Å². The van der Waals surface area contributed by atoms with E-state index in [-0.39, 0.29) is 0 Å². The van der Waals surface area contributed by atoms with Crippen LogP contribution in [0, 0.1) is 6.92 Å². The number of hydrogen-bond acceptors (Lipinski definition) is 4. The fourth-order valence-corrected chi connectivity index (χ4v) is 1.75. The zero-order chi connectivity index (χ0) is 11.7. The predicted octanol–water partition coefficient (Wildman–Crippen LogP) is 0.214. The molecule has 0 radical (unpaired) electrons. The Hall–Kier alpha value is -1.78. The maximum atomic E-state index is 5.25. The van der Waals surface area contributed by atoms with Crippen molar-refractivity contribution in [3.63, 3.8) is 0 Å². The van der Waals surface area contributed by atoms with Crippen molar-refractivity contribution >= 4 is 24.3 Å². The first-order valence-electron chi connectivity index (χ1n) is 5.02. The highest BCUT2D eigenvalue weighted by Crippen LogP contribution is 2.30. The topological polar surface area (TPSA) is 44.2 Å². The van der Waals surface area contributed by atoms with E-state index in [1.807, 2.05) is 26.9 Å². The SMILES string of the molecule is Bc1nc(C)nc2cc(OC)c(OC)cc12. The quantitative estimate of drug-likeness (QED) is 0.673. The second-order valence-corrected chi connectivity index (χ2v) is 3.58. The Morgan fingerprint density at radius 2 is 1.69 bits per heavy atom. The van der Waals surface area contributed by atoms with Crippen molar-refractivity contribution in [1.82, 2.24) is 9.97 Å². The number of nitrogens with zero attached hydrogens (tertiary/aromatic N) is 2. The maximum absolute atomic E-state index is 5.25. The molecule has 1 aromatic heterocycles. The van der Waals surface area contributed by atoms with Gasteiger partial charge < -0.3 is 9.47 Å². The molecule has 0 N–H and O–H groups in total. The van der Waals surface area contributed by atoms with E-state index < -0.39 is 0 Å². The molecular formula is C11H13BN2O2. The molecule has 0 bridgehead atoms. The first kappa shape index (κ1) is 10.7. The lowest BCUT2D eigenvalue weighted by atomic mass is 9.98. The number of ether oxygens (including phenoxy) is 2. The van der Waals surface area contributed by atoms with E-state index in [2.05, 4.69) is 9.97 Å². The Labute approximate surface area is 95.0 Å². The minimum Gasteiger partial charge on any atom is -0.493 e. The van der Waals surface area contributed by atoms with Gasteiger partial charge in [-0.2, -0.15) is 0 Å².